The van der Waals surface area contributed by atoms with Crippen molar-refractivity contribution in [3.8, 4) is 11.4 Å². The molecule has 0 saturated heterocycles. The minimum atomic E-state index is -0.309. The van der Waals surface area contributed by atoms with Crippen LogP contribution in [0.3, 0.4) is 0 Å². The molecule has 2 aromatic rings. The summed E-state index contributed by atoms with van der Waals surface area (Å²) in [5, 5.41) is 18.7. The zero-order chi connectivity index (χ0) is 11.8. The molecule has 1 aliphatic rings. The molecule has 0 aliphatic carbocycles. The number of aliphatic hydroxyl groups excluding tert-OH is 1. The van der Waals surface area contributed by atoms with Crippen molar-refractivity contribution in [1.82, 2.24) is 14.8 Å². The third kappa shape index (κ3) is 1.94. The van der Waals surface area contributed by atoms with E-state index in [2.05, 4.69) is 10.2 Å². The molecule has 1 aliphatic heterocycles. The van der Waals surface area contributed by atoms with Crippen LogP contribution >= 0.6 is 11.6 Å². The minimum absolute atomic E-state index is 0.309. The highest BCUT2D eigenvalue weighted by atomic mass is 35.5. The van der Waals surface area contributed by atoms with Crippen molar-refractivity contribution < 1.29 is 5.11 Å². The summed E-state index contributed by atoms with van der Waals surface area (Å²) in [7, 11) is 0. The van der Waals surface area contributed by atoms with Gasteiger partial charge in [0.25, 0.3) is 0 Å². The molecule has 1 atom stereocenters. The van der Waals surface area contributed by atoms with Crippen molar-refractivity contribution in [3.05, 3.63) is 35.1 Å². The number of aryl methyl sites for hydroxylation is 1. The first-order valence-corrected chi connectivity index (χ1v) is 5.98. The SMILES string of the molecule is OC1CCc2nnc(-c3cccc(Cl)c3)n2C1. The number of nitrogens with zero attached hydrogens (tertiary/aromatic N) is 3. The Hall–Kier alpha value is -1.39. The van der Waals surface area contributed by atoms with Crippen LogP contribution in [-0.4, -0.2) is 26.0 Å². The van der Waals surface area contributed by atoms with Crippen LogP contribution in [0.4, 0.5) is 0 Å². The fourth-order valence-corrected chi connectivity index (χ4v) is 2.34. The van der Waals surface area contributed by atoms with Crippen molar-refractivity contribution in [2.75, 3.05) is 0 Å². The van der Waals surface area contributed by atoms with Crippen molar-refractivity contribution in [1.29, 1.82) is 0 Å². The lowest BCUT2D eigenvalue weighted by molar-refractivity contribution is 0.131. The molecule has 0 bridgehead atoms. The summed E-state index contributed by atoms with van der Waals surface area (Å²) in [5.41, 5.74) is 0.936. The van der Waals surface area contributed by atoms with Gasteiger partial charge in [-0.05, 0) is 18.6 Å². The molecule has 0 fully saturated rings. The molecule has 5 heteroatoms. The molecule has 17 heavy (non-hydrogen) atoms. The number of hydrogen-bond acceptors (Lipinski definition) is 3. The molecule has 2 heterocycles. The number of fused-ring (bicyclic) bond motifs is 1. The number of rotatable bonds is 1. The molecule has 4 nitrogen and oxygen atoms in total. The van der Waals surface area contributed by atoms with E-state index in [0.29, 0.717) is 11.6 Å². The molecular formula is C12H12ClN3O. The summed E-state index contributed by atoms with van der Waals surface area (Å²) < 4.78 is 1.97. The van der Waals surface area contributed by atoms with Gasteiger partial charge in [0.15, 0.2) is 5.82 Å². The normalized spacial score (nSPS) is 19.1. The summed E-state index contributed by atoms with van der Waals surface area (Å²) in [4.78, 5) is 0. The molecule has 1 unspecified atom stereocenters. The third-order valence-electron chi connectivity index (χ3n) is 3.00. The van der Waals surface area contributed by atoms with E-state index < -0.39 is 0 Å². The Labute approximate surface area is 104 Å². The first kappa shape index (κ1) is 10.7. The van der Waals surface area contributed by atoms with Crippen molar-refractivity contribution in [3.63, 3.8) is 0 Å². The zero-order valence-corrected chi connectivity index (χ0v) is 9.93. The van der Waals surface area contributed by atoms with E-state index in [1.54, 1.807) is 0 Å². The quantitative estimate of drug-likeness (QED) is 0.840. The van der Waals surface area contributed by atoms with Gasteiger partial charge in [-0.3, -0.25) is 0 Å². The predicted molar refractivity (Wildman–Crippen MR) is 64.8 cm³/mol. The Morgan fingerprint density at radius 2 is 2.24 bits per heavy atom. The van der Waals surface area contributed by atoms with E-state index >= 15 is 0 Å². The lowest BCUT2D eigenvalue weighted by atomic mass is 10.1. The number of aromatic nitrogens is 3. The van der Waals surface area contributed by atoms with Crippen LogP contribution in [0.1, 0.15) is 12.2 Å². The highest BCUT2D eigenvalue weighted by Crippen LogP contribution is 2.24. The van der Waals surface area contributed by atoms with Crippen LogP contribution in [0.25, 0.3) is 11.4 Å². The van der Waals surface area contributed by atoms with Gasteiger partial charge in [0.1, 0.15) is 5.82 Å². The highest BCUT2D eigenvalue weighted by molar-refractivity contribution is 6.30. The summed E-state index contributed by atoms with van der Waals surface area (Å²) in [5.74, 6) is 1.71. The monoisotopic (exact) mass is 249 g/mol. The standard InChI is InChI=1S/C12H12ClN3O/c13-9-3-1-2-8(6-9)12-15-14-11-5-4-10(17)7-16(11)12/h1-3,6,10,17H,4-5,7H2. The van der Waals surface area contributed by atoms with Gasteiger partial charge >= 0.3 is 0 Å². The Morgan fingerprint density at radius 1 is 1.35 bits per heavy atom. The highest BCUT2D eigenvalue weighted by Gasteiger charge is 2.21. The molecule has 0 spiro atoms. The average Bonchev–Trinajstić information content (AvgIpc) is 2.71. The van der Waals surface area contributed by atoms with Gasteiger partial charge in [-0.25, -0.2) is 0 Å². The molecule has 1 N–H and O–H groups in total. The largest absolute Gasteiger partial charge is 0.391 e. The number of aliphatic hydroxyl groups is 1. The van der Waals surface area contributed by atoms with E-state index in [4.69, 9.17) is 11.6 Å². The van der Waals surface area contributed by atoms with Crippen molar-refractivity contribution in [2.45, 2.75) is 25.5 Å². The van der Waals surface area contributed by atoms with Crippen LogP contribution in [0.2, 0.25) is 5.02 Å². The fraction of sp³-hybridized carbons (Fsp3) is 0.333. The predicted octanol–water partition coefficient (Wildman–Crippen LogP) is 1.91. The molecule has 0 amide bonds. The Bertz CT molecular complexity index is 552. The van der Waals surface area contributed by atoms with Gasteiger partial charge < -0.3 is 9.67 Å². The van der Waals surface area contributed by atoms with Gasteiger partial charge in [-0.2, -0.15) is 0 Å². The Balaban J connectivity index is 2.07. The van der Waals surface area contributed by atoms with Gasteiger partial charge in [0.2, 0.25) is 0 Å². The van der Waals surface area contributed by atoms with E-state index in [-0.39, 0.29) is 6.10 Å². The third-order valence-corrected chi connectivity index (χ3v) is 3.24. The van der Waals surface area contributed by atoms with Gasteiger partial charge in [-0.1, -0.05) is 23.7 Å². The van der Waals surface area contributed by atoms with E-state index in [1.165, 1.54) is 0 Å². The van der Waals surface area contributed by atoms with Crippen LogP contribution in [0, 0.1) is 0 Å². The van der Waals surface area contributed by atoms with Crippen molar-refractivity contribution >= 4 is 11.6 Å². The topological polar surface area (TPSA) is 50.9 Å². The molecule has 3 rings (SSSR count). The van der Waals surface area contributed by atoms with Gasteiger partial charge in [0, 0.05) is 17.0 Å². The first-order chi connectivity index (χ1) is 8.24. The Morgan fingerprint density at radius 3 is 3.06 bits per heavy atom. The van der Waals surface area contributed by atoms with Crippen LogP contribution in [-0.2, 0) is 13.0 Å². The second-order valence-corrected chi connectivity index (χ2v) is 4.69. The molecule has 0 radical (unpaired) electrons. The molecule has 1 aromatic heterocycles. The fourth-order valence-electron chi connectivity index (χ4n) is 2.15. The van der Waals surface area contributed by atoms with Gasteiger partial charge in [-0.15, -0.1) is 10.2 Å². The van der Waals surface area contributed by atoms with Gasteiger partial charge in [0.05, 0.1) is 12.6 Å². The lowest BCUT2D eigenvalue weighted by Crippen LogP contribution is -2.24. The summed E-state index contributed by atoms with van der Waals surface area (Å²) in [6.07, 6.45) is 1.22. The molecule has 0 saturated carbocycles. The van der Waals surface area contributed by atoms with E-state index in [9.17, 15) is 5.11 Å². The molecule has 1 aromatic carbocycles. The van der Waals surface area contributed by atoms with E-state index in [0.717, 1.165) is 30.1 Å². The smallest absolute Gasteiger partial charge is 0.164 e. The van der Waals surface area contributed by atoms with E-state index in [1.807, 2.05) is 28.8 Å². The maximum atomic E-state index is 9.70. The van der Waals surface area contributed by atoms with Crippen LogP contribution in [0.15, 0.2) is 24.3 Å². The summed E-state index contributed by atoms with van der Waals surface area (Å²) in [6.45, 7) is 0.560. The maximum Gasteiger partial charge on any atom is 0.164 e. The minimum Gasteiger partial charge on any atom is -0.391 e. The number of halogens is 1. The average molecular weight is 250 g/mol. The zero-order valence-electron chi connectivity index (χ0n) is 9.17. The Kier molecular flexibility index (Phi) is 2.61. The first-order valence-electron chi connectivity index (χ1n) is 5.60. The van der Waals surface area contributed by atoms with Crippen LogP contribution in [0.5, 0.6) is 0 Å². The number of hydrogen-bond donors (Lipinski definition) is 1. The molecule has 88 valence electrons. The second-order valence-electron chi connectivity index (χ2n) is 4.25. The van der Waals surface area contributed by atoms with Crippen molar-refractivity contribution in [2.24, 2.45) is 0 Å². The van der Waals surface area contributed by atoms with Crippen LogP contribution < -0.4 is 0 Å². The summed E-state index contributed by atoms with van der Waals surface area (Å²) in [6, 6.07) is 7.52. The molecular weight excluding hydrogens is 238 g/mol. The maximum absolute atomic E-state index is 9.70. The number of benzene rings is 1. The second kappa shape index (κ2) is 4.13. The summed E-state index contributed by atoms with van der Waals surface area (Å²) >= 11 is 5.97. The lowest BCUT2D eigenvalue weighted by Gasteiger charge is -2.19.